The molecule has 0 aliphatic carbocycles. The van der Waals surface area contributed by atoms with Crippen LogP contribution in [0.15, 0.2) is 24.3 Å². The number of benzene rings is 1. The molecule has 1 aromatic carbocycles. The van der Waals surface area contributed by atoms with E-state index in [0.29, 0.717) is 19.7 Å². The van der Waals surface area contributed by atoms with Crippen LogP contribution in [0.3, 0.4) is 0 Å². The quantitative estimate of drug-likeness (QED) is 0.727. The summed E-state index contributed by atoms with van der Waals surface area (Å²) >= 11 is 0. The second kappa shape index (κ2) is 8.08. The van der Waals surface area contributed by atoms with Crippen LogP contribution in [0.4, 0.5) is 0 Å². The second-order valence-corrected chi connectivity index (χ2v) is 4.62. The Kier molecular flexibility index (Phi) is 6.72. The average Bonchev–Trinajstić information content (AvgIpc) is 2.31. The van der Waals surface area contributed by atoms with Crippen LogP contribution in [-0.2, 0) is 6.54 Å². The Balaban J connectivity index is 2.26. The normalized spacial score (nSPS) is 12.7. The van der Waals surface area contributed by atoms with Crippen molar-refractivity contribution in [2.24, 2.45) is 0 Å². The molecule has 18 heavy (non-hydrogen) atoms. The van der Waals surface area contributed by atoms with E-state index >= 15 is 0 Å². The molecular formula is C14H24N2O2. The zero-order chi connectivity index (χ0) is 13.4. The molecule has 0 fully saturated rings. The number of hydrogen-bond donors (Lipinski definition) is 2. The van der Waals surface area contributed by atoms with Crippen molar-refractivity contribution in [1.29, 1.82) is 0 Å². The lowest BCUT2D eigenvalue weighted by molar-refractivity contribution is 0.134. The summed E-state index contributed by atoms with van der Waals surface area (Å²) < 4.78 is 5.38. The smallest absolute Gasteiger partial charge is 0.119 e. The van der Waals surface area contributed by atoms with Gasteiger partial charge in [-0.25, -0.2) is 0 Å². The molecule has 0 bridgehead atoms. The Morgan fingerprint density at radius 3 is 2.50 bits per heavy atom. The highest BCUT2D eigenvalue weighted by Crippen LogP contribution is 2.11. The largest absolute Gasteiger partial charge is 0.494 e. The maximum Gasteiger partial charge on any atom is 0.119 e. The molecule has 102 valence electrons. The number of nitrogens with zero attached hydrogens (tertiary/aromatic N) is 1. The summed E-state index contributed by atoms with van der Waals surface area (Å²) in [6, 6.07) is 8.01. The highest BCUT2D eigenvalue weighted by Gasteiger charge is 2.04. The molecular weight excluding hydrogens is 228 g/mol. The third-order valence-corrected chi connectivity index (χ3v) is 2.52. The minimum Gasteiger partial charge on any atom is -0.494 e. The number of rotatable bonds is 8. The first-order valence-electron chi connectivity index (χ1n) is 6.37. The maximum absolute atomic E-state index is 9.69. The molecule has 0 amide bonds. The number of aliphatic hydroxyl groups excluding tert-OH is 1. The molecule has 1 aromatic rings. The maximum atomic E-state index is 9.69. The van der Waals surface area contributed by atoms with Gasteiger partial charge in [-0.15, -0.1) is 0 Å². The van der Waals surface area contributed by atoms with Crippen LogP contribution >= 0.6 is 0 Å². The van der Waals surface area contributed by atoms with Crippen LogP contribution in [0.2, 0.25) is 0 Å². The van der Waals surface area contributed by atoms with Crippen molar-refractivity contribution in [2.75, 3.05) is 33.8 Å². The van der Waals surface area contributed by atoms with Gasteiger partial charge in [-0.1, -0.05) is 12.1 Å². The molecule has 2 N–H and O–H groups in total. The lowest BCUT2D eigenvalue weighted by Gasteiger charge is -2.16. The van der Waals surface area contributed by atoms with Crippen LogP contribution in [0.5, 0.6) is 5.75 Å². The van der Waals surface area contributed by atoms with E-state index in [1.165, 1.54) is 5.56 Å². The van der Waals surface area contributed by atoms with Crippen molar-refractivity contribution in [3.8, 4) is 5.75 Å². The molecule has 0 saturated heterocycles. The third kappa shape index (κ3) is 6.00. The number of likely N-dealkylation sites (N-methyl/N-ethyl adjacent to an activating group) is 1. The SMILES string of the molecule is CCOc1ccc(CNCC(O)CN(C)C)cc1. The zero-order valence-corrected chi connectivity index (χ0v) is 11.5. The van der Waals surface area contributed by atoms with Gasteiger partial charge in [0.1, 0.15) is 5.75 Å². The number of ether oxygens (including phenoxy) is 1. The first-order chi connectivity index (χ1) is 8.61. The van der Waals surface area contributed by atoms with Crippen molar-refractivity contribution in [3.05, 3.63) is 29.8 Å². The minimum atomic E-state index is -0.331. The van der Waals surface area contributed by atoms with E-state index in [2.05, 4.69) is 5.32 Å². The first kappa shape index (κ1) is 15.0. The molecule has 4 heteroatoms. The fourth-order valence-electron chi connectivity index (χ4n) is 1.74. The molecule has 1 atom stereocenters. The molecule has 0 radical (unpaired) electrons. The Morgan fingerprint density at radius 1 is 1.28 bits per heavy atom. The van der Waals surface area contributed by atoms with Gasteiger partial charge < -0.3 is 20.1 Å². The van der Waals surface area contributed by atoms with E-state index in [1.54, 1.807) is 0 Å². The van der Waals surface area contributed by atoms with Crippen molar-refractivity contribution in [2.45, 2.75) is 19.6 Å². The molecule has 4 nitrogen and oxygen atoms in total. The third-order valence-electron chi connectivity index (χ3n) is 2.52. The van der Waals surface area contributed by atoms with Crippen LogP contribution in [0.1, 0.15) is 12.5 Å². The Bertz CT molecular complexity index is 325. The van der Waals surface area contributed by atoms with Gasteiger partial charge in [0, 0.05) is 19.6 Å². The molecule has 0 spiro atoms. The predicted molar refractivity (Wildman–Crippen MR) is 73.9 cm³/mol. The predicted octanol–water partition coefficient (Wildman–Crippen LogP) is 1.10. The summed E-state index contributed by atoms with van der Waals surface area (Å²) in [5.41, 5.74) is 1.19. The first-order valence-corrected chi connectivity index (χ1v) is 6.37. The summed E-state index contributed by atoms with van der Waals surface area (Å²) in [7, 11) is 3.91. The van der Waals surface area contributed by atoms with Gasteiger partial charge in [-0.3, -0.25) is 0 Å². The van der Waals surface area contributed by atoms with Gasteiger partial charge in [0.25, 0.3) is 0 Å². The summed E-state index contributed by atoms with van der Waals surface area (Å²) in [6.45, 7) is 4.70. The lowest BCUT2D eigenvalue weighted by Crippen LogP contribution is -2.34. The second-order valence-electron chi connectivity index (χ2n) is 4.62. The molecule has 1 unspecified atom stereocenters. The van der Waals surface area contributed by atoms with E-state index in [4.69, 9.17) is 4.74 Å². The monoisotopic (exact) mass is 252 g/mol. The highest BCUT2D eigenvalue weighted by molar-refractivity contribution is 5.27. The van der Waals surface area contributed by atoms with Crippen LogP contribution in [-0.4, -0.2) is 49.9 Å². The lowest BCUT2D eigenvalue weighted by atomic mass is 10.2. The van der Waals surface area contributed by atoms with Crippen LogP contribution < -0.4 is 10.1 Å². The molecule has 0 saturated carbocycles. The average molecular weight is 252 g/mol. The van der Waals surface area contributed by atoms with E-state index in [0.717, 1.165) is 12.3 Å². The fourth-order valence-corrected chi connectivity index (χ4v) is 1.74. The topological polar surface area (TPSA) is 44.7 Å². The zero-order valence-electron chi connectivity index (χ0n) is 11.5. The standard InChI is InChI=1S/C14H24N2O2/c1-4-18-14-7-5-12(6-8-14)9-15-10-13(17)11-16(2)3/h5-8,13,15,17H,4,9-11H2,1-3H3. The summed E-state index contributed by atoms with van der Waals surface area (Å²) in [5, 5.41) is 12.9. The van der Waals surface area contributed by atoms with Gasteiger partial charge in [0.05, 0.1) is 12.7 Å². The van der Waals surface area contributed by atoms with Gasteiger partial charge >= 0.3 is 0 Å². The van der Waals surface area contributed by atoms with E-state index in [-0.39, 0.29) is 6.10 Å². The molecule has 1 rings (SSSR count). The molecule has 0 aliphatic rings. The van der Waals surface area contributed by atoms with Gasteiger partial charge in [0.15, 0.2) is 0 Å². The number of nitrogens with one attached hydrogen (secondary N) is 1. The Labute approximate surface area is 110 Å². The Hall–Kier alpha value is -1.10. The Morgan fingerprint density at radius 2 is 1.94 bits per heavy atom. The number of hydrogen-bond acceptors (Lipinski definition) is 4. The molecule has 0 heterocycles. The van der Waals surface area contributed by atoms with E-state index < -0.39 is 0 Å². The van der Waals surface area contributed by atoms with Crippen molar-refractivity contribution < 1.29 is 9.84 Å². The fraction of sp³-hybridized carbons (Fsp3) is 0.571. The summed E-state index contributed by atoms with van der Waals surface area (Å²) in [4.78, 5) is 1.98. The van der Waals surface area contributed by atoms with Crippen LogP contribution in [0.25, 0.3) is 0 Å². The van der Waals surface area contributed by atoms with Crippen LogP contribution in [0, 0.1) is 0 Å². The summed E-state index contributed by atoms with van der Waals surface area (Å²) in [5.74, 6) is 0.897. The van der Waals surface area contributed by atoms with Crippen molar-refractivity contribution in [3.63, 3.8) is 0 Å². The summed E-state index contributed by atoms with van der Waals surface area (Å²) in [6.07, 6.45) is -0.331. The van der Waals surface area contributed by atoms with Gasteiger partial charge in [-0.2, -0.15) is 0 Å². The number of aliphatic hydroxyl groups is 1. The highest BCUT2D eigenvalue weighted by atomic mass is 16.5. The molecule has 0 aromatic heterocycles. The van der Waals surface area contributed by atoms with E-state index in [9.17, 15) is 5.11 Å². The van der Waals surface area contributed by atoms with E-state index in [1.807, 2.05) is 50.2 Å². The minimum absolute atomic E-state index is 0.331. The van der Waals surface area contributed by atoms with Crippen molar-refractivity contribution in [1.82, 2.24) is 10.2 Å². The van der Waals surface area contributed by atoms with Crippen molar-refractivity contribution >= 4 is 0 Å². The molecule has 0 aliphatic heterocycles. The van der Waals surface area contributed by atoms with Gasteiger partial charge in [-0.05, 0) is 38.7 Å². The van der Waals surface area contributed by atoms with Gasteiger partial charge in [0.2, 0.25) is 0 Å².